The van der Waals surface area contributed by atoms with Crippen molar-refractivity contribution in [2.24, 2.45) is 0 Å². The van der Waals surface area contributed by atoms with Crippen LogP contribution in [0, 0.1) is 40.4 Å². The van der Waals surface area contributed by atoms with Gasteiger partial charge in [-0.1, -0.05) is 0 Å². The van der Waals surface area contributed by atoms with Crippen LogP contribution in [0.5, 0.6) is 0 Å². The van der Waals surface area contributed by atoms with Crippen LogP contribution in [0.15, 0.2) is 24.3 Å². The number of likely N-dealkylation sites (tertiary alicyclic amines) is 1. The summed E-state index contributed by atoms with van der Waals surface area (Å²) in [6.07, 6.45) is 1.70. The topological polar surface area (TPSA) is 39.3 Å². The van der Waals surface area contributed by atoms with Gasteiger partial charge in [0.05, 0.1) is 25.9 Å². The minimum absolute atomic E-state index is 0.160. The Balaban J connectivity index is 1.38. The zero-order chi connectivity index (χ0) is 24.2. The molecule has 3 fully saturated rings. The van der Waals surface area contributed by atoms with Crippen LogP contribution in [0.2, 0.25) is 0 Å². The van der Waals surface area contributed by atoms with Crippen molar-refractivity contribution in [2.45, 2.75) is 65.6 Å². The number of halogens is 1. The van der Waals surface area contributed by atoms with Gasteiger partial charge < -0.3 is 14.5 Å². The van der Waals surface area contributed by atoms with Gasteiger partial charge in [0, 0.05) is 25.3 Å². The maximum Gasteiger partial charge on any atom is 0.250 e. The lowest BCUT2D eigenvalue weighted by Crippen LogP contribution is -2.56. The average molecular weight is 466 g/mol. The molecule has 2 aromatic rings. The number of rotatable bonds is 5. The van der Waals surface area contributed by atoms with Crippen molar-refractivity contribution in [3.05, 3.63) is 63.5 Å². The summed E-state index contributed by atoms with van der Waals surface area (Å²) in [5.74, 6) is -0.0582. The van der Waals surface area contributed by atoms with Gasteiger partial charge in [-0.3, -0.25) is 9.69 Å². The van der Waals surface area contributed by atoms with Gasteiger partial charge in [0.25, 0.3) is 0 Å². The largest absolute Gasteiger partial charge is 0.371 e. The Hall–Kier alpha value is -2.44. The molecule has 182 valence electrons. The molecule has 6 heteroatoms. The third kappa shape index (κ3) is 3.91. The van der Waals surface area contributed by atoms with Crippen molar-refractivity contribution >= 4 is 11.6 Å². The molecule has 0 aliphatic carbocycles. The Kier molecular flexibility index (Phi) is 5.93. The number of anilines is 1. The Morgan fingerprint density at radius 2 is 1.50 bits per heavy atom. The van der Waals surface area contributed by atoms with Crippen molar-refractivity contribution in [2.75, 3.05) is 37.8 Å². The molecule has 0 aromatic heterocycles. The Bertz CT molecular complexity index is 1070. The van der Waals surface area contributed by atoms with E-state index in [-0.39, 0.29) is 17.8 Å². The average Bonchev–Trinajstić information content (AvgIpc) is 3.62. The molecule has 1 spiro atoms. The minimum Gasteiger partial charge on any atom is -0.371 e. The fourth-order valence-corrected chi connectivity index (χ4v) is 5.89. The van der Waals surface area contributed by atoms with Crippen molar-refractivity contribution in [1.29, 1.82) is 0 Å². The molecule has 0 unspecified atom stereocenters. The molecule has 34 heavy (non-hydrogen) atoms. The molecule has 5 nitrogen and oxygen atoms in total. The predicted octanol–water partition coefficient (Wildman–Crippen LogP) is 4.41. The van der Waals surface area contributed by atoms with Crippen LogP contribution in [0.4, 0.5) is 10.1 Å². The molecule has 3 heterocycles. The van der Waals surface area contributed by atoms with Crippen LogP contribution < -0.4 is 4.90 Å². The first kappa shape index (κ1) is 23.3. The number of nitrogens with zero attached hydrogens (tertiary/aromatic N) is 3. The fraction of sp³-hybridized carbons (Fsp3) is 0.536. The van der Waals surface area contributed by atoms with Crippen molar-refractivity contribution in [3.63, 3.8) is 0 Å². The fourth-order valence-electron chi connectivity index (χ4n) is 5.89. The lowest BCUT2D eigenvalue weighted by Gasteiger charge is -2.43. The molecule has 0 bridgehead atoms. The van der Waals surface area contributed by atoms with Gasteiger partial charge in [0.2, 0.25) is 5.91 Å². The summed E-state index contributed by atoms with van der Waals surface area (Å²) in [6.45, 7) is 15.7. The first-order valence-electron chi connectivity index (χ1n) is 12.4. The number of piperidine rings is 1. The molecular formula is C28H36FN3O2. The Morgan fingerprint density at radius 3 is 2.06 bits per heavy atom. The van der Waals surface area contributed by atoms with E-state index in [1.807, 2.05) is 4.90 Å². The number of hydrogen-bond acceptors (Lipinski definition) is 4. The second-order valence-corrected chi connectivity index (χ2v) is 10.4. The van der Waals surface area contributed by atoms with Crippen LogP contribution in [0.3, 0.4) is 0 Å². The van der Waals surface area contributed by atoms with Gasteiger partial charge in [0.15, 0.2) is 0 Å². The smallest absolute Gasteiger partial charge is 0.250 e. The number of epoxide rings is 1. The number of amides is 1. The summed E-state index contributed by atoms with van der Waals surface area (Å²) in [5, 5.41) is 0. The summed E-state index contributed by atoms with van der Waals surface area (Å²) >= 11 is 0. The van der Waals surface area contributed by atoms with E-state index in [2.05, 4.69) is 44.4 Å². The van der Waals surface area contributed by atoms with E-state index in [0.717, 1.165) is 44.8 Å². The zero-order valence-corrected chi connectivity index (χ0v) is 21.1. The molecule has 0 saturated carbocycles. The van der Waals surface area contributed by atoms with Crippen LogP contribution in [-0.4, -0.2) is 60.3 Å². The van der Waals surface area contributed by atoms with E-state index >= 15 is 0 Å². The van der Waals surface area contributed by atoms with Gasteiger partial charge in [-0.15, -0.1) is 0 Å². The van der Waals surface area contributed by atoms with Crippen LogP contribution in [0.25, 0.3) is 0 Å². The van der Waals surface area contributed by atoms with Crippen molar-refractivity contribution in [3.8, 4) is 0 Å². The highest BCUT2D eigenvalue weighted by atomic mass is 19.1. The lowest BCUT2D eigenvalue weighted by atomic mass is 9.84. The predicted molar refractivity (Wildman–Crippen MR) is 133 cm³/mol. The van der Waals surface area contributed by atoms with Crippen molar-refractivity contribution < 1.29 is 13.9 Å². The summed E-state index contributed by atoms with van der Waals surface area (Å²) in [4.78, 5) is 20.4. The van der Waals surface area contributed by atoms with E-state index in [4.69, 9.17) is 4.74 Å². The maximum atomic E-state index is 13.7. The molecule has 0 radical (unpaired) electrons. The SMILES string of the molecule is Cc1c(C)c(C)c(CN2CCC3(CC2)C(=O)N(C[C@@H]2CO2)CN3c2ccc(F)cc2)c(C)c1C. The van der Waals surface area contributed by atoms with E-state index in [1.165, 1.54) is 45.5 Å². The third-order valence-corrected chi connectivity index (χ3v) is 8.70. The van der Waals surface area contributed by atoms with Crippen LogP contribution in [-0.2, 0) is 16.1 Å². The molecule has 1 atom stereocenters. The van der Waals surface area contributed by atoms with Crippen molar-refractivity contribution in [1.82, 2.24) is 9.80 Å². The quantitative estimate of drug-likeness (QED) is 0.614. The van der Waals surface area contributed by atoms with Crippen LogP contribution in [0.1, 0.15) is 46.2 Å². The molecule has 3 aliphatic rings. The van der Waals surface area contributed by atoms with E-state index < -0.39 is 5.54 Å². The first-order valence-corrected chi connectivity index (χ1v) is 12.4. The molecule has 3 saturated heterocycles. The minimum atomic E-state index is -0.563. The number of benzene rings is 2. The molecule has 1 amide bonds. The highest BCUT2D eigenvalue weighted by molar-refractivity contribution is 5.93. The summed E-state index contributed by atoms with van der Waals surface area (Å²) in [7, 11) is 0. The summed E-state index contributed by atoms with van der Waals surface area (Å²) < 4.78 is 19.0. The number of carbonyl (C=O) groups is 1. The van der Waals surface area contributed by atoms with E-state index in [0.29, 0.717) is 13.2 Å². The standard InChI is InChI=1S/C28H36FN3O2/c1-18-19(2)21(4)26(22(5)20(18)3)15-30-12-10-28(11-13-30)27(33)31(14-25-16-34-25)17-32(28)24-8-6-23(29)7-9-24/h6-9,25H,10-17H2,1-5H3/t25-/m1/s1. The molecular weight excluding hydrogens is 429 g/mol. The van der Waals surface area contributed by atoms with Gasteiger partial charge in [0.1, 0.15) is 11.4 Å². The number of hydrogen-bond donors (Lipinski definition) is 0. The third-order valence-electron chi connectivity index (χ3n) is 8.70. The molecule has 2 aromatic carbocycles. The first-order chi connectivity index (χ1) is 16.2. The normalized spacial score (nSPS) is 22.2. The van der Waals surface area contributed by atoms with Crippen LogP contribution >= 0.6 is 0 Å². The van der Waals surface area contributed by atoms with Gasteiger partial charge in [-0.2, -0.15) is 0 Å². The Morgan fingerprint density at radius 1 is 0.941 bits per heavy atom. The van der Waals surface area contributed by atoms with Gasteiger partial charge in [-0.25, -0.2) is 4.39 Å². The molecule has 5 rings (SSSR count). The Labute approximate surface area is 202 Å². The number of carbonyl (C=O) groups excluding carboxylic acids is 1. The molecule has 3 aliphatic heterocycles. The lowest BCUT2D eigenvalue weighted by molar-refractivity contribution is -0.133. The van der Waals surface area contributed by atoms with Gasteiger partial charge in [-0.05, 0) is 105 Å². The summed E-state index contributed by atoms with van der Waals surface area (Å²) in [5.41, 5.74) is 8.73. The second kappa shape index (κ2) is 8.65. The van der Waals surface area contributed by atoms with Gasteiger partial charge >= 0.3 is 0 Å². The highest BCUT2D eigenvalue weighted by Gasteiger charge is 2.54. The van der Waals surface area contributed by atoms with E-state index in [9.17, 15) is 9.18 Å². The maximum absolute atomic E-state index is 13.7. The van der Waals surface area contributed by atoms with E-state index in [1.54, 1.807) is 12.1 Å². The summed E-state index contributed by atoms with van der Waals surface area (Å²) in [6, 6.07) is 6.59. The zero-order valence-electron chi connectivity index (χ0n) is 21.1. The monoisotopic (exact) mass is 465 g/mol. The second-order valence-electron chi connectivity index (χ2n) is 10.4. The highest BCUT2D eigenvalue weighted by Crippen LogP contribution is 2.40. The molecule has 0 N–H and O–H groups in total. The number of ether oxygens (including phenoxy) is 1.